The van der Waals surface area contributed by atoms with Gasteiger partial charge in [0.15, 0.2) is 0 Å². The third-order valence-corrected chi connectivity index (χ3v) is 1.32. The number of rotatable bonds is 3. The molecule has 0 unspecified atom stereocenters. The summed E-state index contributed by atoms with van der Waals surface area (Å²) >= 11 is 0. The fourth-order valence-corrected chi connectivity index (χ4v) is 0.742. The van der Waals surface area contributed by atoms with E-state index in [1.54, 1.807) is 6.07 Å². The lowest BCUT2D eigenvalue weighted by Gasteiger charge is -2.00. The smallest absolute Gasteiger partial charge is 0.322 e. The van der Waals surface area contributed by atoms with E-state index in [0.717, 1.165) is 0 Å². The normalized spacial score (nSPS) is 8.85. The molecule has 1 aromatic heterocycles. The van der Waals surface area contributed by atoms with Gasteiger partial charge in [-0.3, -0.25) is 4.79 Å². The standard InChI is InChI=1S/C8H7N3O2/c9-3-6-1-2-7(4-10-6)11-5-8(12)13/h1-2,4,11H,5H2,(H,12,13). The number of carboxylic acids is 1. The Morgan fingerprint density at radius 2 is 2.46 bits per heavy atom. The van der Waals surface area contributed by atoms with Crippen molar-refractivity contribution in [2.24, 2.45) is 0 Å². The van der Waals surface area contributed by atoms with Gasteiger partial charge in [-0.2, -0.15) is 5.26 Å². The number of hydrogen-bond acceptors (Lipinski definition) is 4. The number of nitriles is 1. The fraction of sp³-hybridized carbons (Fsp3) is 0.125. The zero-order valence-electron chi connectivity index (χ0n) is 6.69. The first-order valence-corrected chi connectivity index (χ1v) is 3.54. The summed E-state index contributed by atoms with van der Waals surface area (Å²) < 4.78 is 0. The van der Waals surface area contributed by atoms with Crippen LogP contribution in [-0.2, 0) is 4.79 Å². The van der Waals surface area contributed by atoms with Crippen LogP contribution < -0.4 is 5.32 Å². The molecule has 0 bridgehead atoms. The highest BCUT2D eigenvalue weighted by atomic mass is 16.4. The molecule has 0 spiro atoms. The van der Waals surface area contributed by atoms with Crippen LogP contribution in [0.4, 0.5) is 5.69 Å². The average Bonchev–Trinajstić information content (AvgIpc) is 2.15. The second kappa shape index (κ2) is 4.07. The van der Waals surface area contributed by atoms with E-state index in [4.69, 9.17) is 10.4 Å². The zero-order chi connectivity index (χ0) is 9.68. The van der Waals surface area contributed by atoms with Crippen molar-refractivity contribution in [2.75, 3.05) is 11.9 Å². The molecule has 0 saturated heterocycles. The highest BCUT2D eigenvalue weighted by Crippen LogP contribution is 2.04. The maximum Gasteiger partial charge on any atom is 0.322 e. The number of nitrogens with zero attached hydrogens (tertiary/aromatic N) is 2. The Labute approximate surface area is 74.6 Å². The van der Waals surface area contributed by atoms with Crippen molar-refractivity contribution in [3.05, 3.63) is 24.0 Å². The summed E-state index contributed by atoms with van der Waals surface area (Å²) in [6, 6.07) is 4.99. The largest absolute Gasteiger partial charge is 0.480 e. The second-order valence-electron chi connectivity index (χ2n) is 2.29. The number of anilines is 1. The first kappa shape index (κ1) is 9.00. The maximum atomic E-state index is 10.2. The molecule has 2 N–H and O–H groups in total. The fourth-order valence-electron chi connectivity index (χ4n) is 0.742. The van der Waals surface area contributed by atoms with E-state index in [2.05, 4.69) is 10.3 Å². The molecular weight excluding hydrogens is 170 g/mol. The van der Waals surface area contributed by atoms with Crippen molar-refractivity contribution < 1.29 is 9.90 Å². The van der Waals surface area contributed by atoms with Gasteiger partial charge in [0.2, 0.25) is 0 Å². The van der Waals surface area contributed by atoms with E-state index < -0.39 is 5.97 Å². The molecule has 0 fully saturated rings. The predicted octanol–water partition coefficient (Wildman–Crippen LogP) is 0.450. The van der Waals surface area contributed by atoms with Crippen LogP contribution in [0.3, 0.4) is 0 Å². The van der Waals surface area contributed by atoms with Gasteiger partial charge in [-0.15, -0.1) is 0 Å². The van der Waals surface area contributed by atoms with Crippen LogP contribution in [0.25, 0.3) is 0 Å². The molecule has 5 heteroatoms. The molecule has 1 aromatic rings. The third-order valence-electron chi connectivity index (χ3n) is 1.32. The van der Waals surface area contributed by atoms with E-state index in [1.807, 2.05) is 6.07 Å². The quantitative estimate of drug-likeness (QED) is 0.700. The Balaban J connectivity index is 2.60. The second-order valence-corrected chi connectivity index (χ2v) is 2.29. The lowest BCUT2D eigenvalue weighted by atomic mass is 10.3. The van der Waals surface area contributed by atoms with Crippen LogP contribution in [0.1, 0.15) is 5.69 Å². The van der Waals surface area contributed by atoms with Gasteiger partial charge < -0.3 is 10.4 Å². The van der Waals surface area contributed by atoms with Crippen molar-refractivity contribution in [1.29, 1.82) is 5.26 Å². The highest BCUT2D eigenvalue weighted by molar-refractivity contribution is 5.72. The Morgan fingerprint density at radius 3 is 2.92 bits per heavy atom. The summed E-state index contributed by atoms with van der Waals surface area (Å²) in [7, 11) is 0. The predicted molar refractivity (Wildman–Crippen MR) is 45.1 cm³/mol. The molecule has 1 rings (SSSR count). The number of aromatic nitrogens is 1. The van der Waals surface area contributed by atoms with E-state index in [1.165, 1.54) is 12.3 Å². The lowest BCUT2D eigenvalue weighted by molar-refractivity contribution is -0.134. The van der Waals surface area contributed by atoms with Crippen LogP contribution in [-0.4, -0.2) is 22.6 Å². The van der Waals surface area contributed by atoms with E-state index >= 15 is 0 Å². The molecule has 0 aliphatic carbocycles. The van der Waals surface area contributed by atoms with Crippen LogP contribution >= 0.6 is 0 Å². The summed E-state index contributed by atoms with van der Waals surface area (Å²) in [5, 5.41) is 19.4. The minimum absolute atomic E-state index is 0.159. The molecular formula is C8H7N3O2. The third kappa shape index (κ3) is 2.79. The minimum Gasteiger partial charge on any atom is -0.480 e. The van der Waals surface area contributed by atoms with Crippen molar-refractivity contribution in [2.45, 2.75) is 0 Å². The topological polar surface area (TPSA) is 86.0 Å². The minimum atomic E-state index is -0.940. The lowest BCUT2D eigenvalue weighted by Crippen LogP contribution is -2.12. The Bertz CT molecular complexity index is 339. The average molecular weight is 177 g/mol. The van der Waals surface area contributed by atoms with Crippen LogP contribution in [0.15, 0.2) is 18.3 Å². The van der Waals surface area contributed by atoms with E-state index in [0.29, 0.717) is 11.4 Å². The summed E-state index contributed by atoms with van der Waals surface area (Å²) in [6.07, 6.45) is 1.42. The van der Waals surface area contributed by atoms with Gasteiger partial charge >= 0.3 is 5.97 Å². The zero-order valence-corrected chi connectivity index (χ0v) is 6.69. The number of carbonyl (C=O) groups is 1. The number of pyridine rings is 1. The first-order chi connectivity index (χ1) is 6.22. The van der Waals surface area contributed by atoms with Crippen molar-refractivity contribution in [3.63, 3.8) is 0 Å². The molecule has 1 heterocycles. The first-order valence-electron chi connectivity index (χ1n) is 3.54. The van der Waals surface area contributed by atoms with Gasteiger partial charge in [0.05, 0.1) is 11.9 Å². The van der Waals surface area contributed by atoms with Gasteiger partial charge in [0.25, 0.3) is 0 Å². The number of aliphatic carboxylic acids is 1. The van der Waals surface area contributed by atoms with Crippen molar-refractivity contribution in [3.8, 4) is 6.07 Å². The molecule has 5 nitrogen and oxygen atoms in total. The Hall–Kier alpha value is -2.09. The molecule has 0 radical (unpaired) electrons. The van der Waals surface area contributed by atoms with Gasteiger partial charge in [0.1, 0.15) is 18.3 Å². The molecule has 0 amide bonds. The monoisotopic (exact) mass is 177 g/mol. The van der Waals surface area contributed by atoms with Gasteiger partial charge in [-0.05, 0) is 12.1 Å². The molecule has 0 aliphatic heterocycles. The van der Waals surface area contributed by atoms with E-state index in [-0.39, 0.29) is 6.54 Å². The number of carboxylic acid groups (broad SMARTS) is 1. The summed E-state index contributed by atoms with van der Waals surface area (Å²) in [6.45, 7) is -0.159. The van der Waals surface area contributed by atoms with Crippen LogP contribution in [0, 0.1) is 11.3 Å². The maximum absolute atomic E-state index is 10.2. The highest BCUT2D eigenvalue weighted by Gasteiger charge is 1.97. The summed E-state index contributed by atoms with van der Waals surface area (Å²) in [5.41, 5.74) is 0.891. The number of hydrogen-bond donors (Lipinski definition) is 2. The molecule has 0 aromatic carbocycles. The Kier molecular flexibility index (Phi) is 2.82. The molecule has 0 atom stereocenters. The van der Waals surface area contributed by atoms with Gasteiger partial charge in [-0.1, -0.05) is 0 Å². The van der Waals surface area contributed by atoms with Crippen LogP contribution in [0.2, 0.25) is 0 Å². The van der Waals surface area contributed by atoms with Gasteiger partial charge in [-0.25, -0.2) is 4.98 Å². The summed E-state index contributed by atoms with van der Waals surface area (Å²) in [5.74, 6) is -0.940. The SMILES string of the molecule is N#Cc1ccc(NCC(=O)O)cn1. The van der Waals surface area contributed by atoms with Crippen LogP contribution in [0.5, 0.6) is 0 Å². The Morgan fingerprint density at radius 1 is 1.69 bits per heavy atom. The molecule has 0 saturated carbocycles. The van der Waals surface area contributed by atoms with Crippen molar-refractivity contribution >= 4 is 11.7 Å². The van der Waals surface area contributed by atoms with Crippen molar-refractivity contribution in [1.82, 2.24) is 4.98 Å². The molecule has 66 valence electrons. The van der Waals surface area contributed by atoms with E-state index in [9.17, 15) is 4.79 Å². The molecule has 13 heavy (non-hydrogen) atoms. The molecule has 0 aliphatic rings. The van der Waals surface area contributed by atoms with Gasteiger partial charge in [0, 0.05) is 0 Å². The summed E-state index contributed by atoms with van der Waals surface area (Å²) in [4.78, 5) is 13.9. The number of nitrogens with one attached hydrogen (secondary N) is 1.